The molecule has 0 aliphatic carbocycles. The highest BCUT2D eigenvalue weighted by molar-refractivity contribution is 7.13. The Kier molecular flexibility index (Phi) is 3.48. The van der Waals surface area contributed by atoms with Crippen LogP contribution in [0.4, 0.5) is 0 Å². The summed E-state index contributed by atoms with van der Waals surface area (Å²) in [6.45, 7) is 0.578. The maximum Gasteiger partial charge on any atom is 0.323 e. The van der Waals surface area contributed by atoms with Crippen LogP contribution in [0.2, 0.25) is 0 Å². The van der Waals surface area contributed by atoms with Crippen LogP contribution in [0.15, 0.2) is 5.11 Å². The molecule has 1 heterocycles. The Hall–Kier alpha value is -0.830. The highest BCUT2D eigenvalue weighted by Crippen LogP contribution is 2.24. The minimum atomic E-state index is -0.300. The number of nitrogens with zero attached hydrogens (tertiary/aromatic N) is 4. The quantitative estimate of drug-likeness (QED) is 0.217. The summed E-state index contributed by atoms with van der Waals surface area (Å²) >= 11 is 0. The van der Waals surface area contributed by atoms with Crippen molar-refractivity contribution in [1.29, 1.82) is 0 Å². The first-order valence-corrected chi connectivity index (χ1v) is 4.34. The Morgan fingerprint density at radius 2 is 2.54 bits per heavy atom. The van der Waals surface area contributed by atoms with E-state index in [4.69, 9.17) is 5.53 Å². The van der Waals surface area contributed by atoms with Crippen molar-refractivity contribution >= 4 is 15.4 Å². The molecule has 0 saturated carbocycles. The molecule has 0 radical (unpaired) electrons. The first-order valence-electron chi connectivity index (χ1n) is 3.82. The van der Waals surface area contributed by atoms with E-state index < -0.39 is 0 Å². The van der Waals surface area contributed by atoms with Crippen LogP contribution in [0.3, 0.4) is 0 Å². The minimum absolute atomic E-state index is 0.133. The molecule has 7 heteroatoms. The third-order valence-electron chi connectivity index (χ3n) is 2.01. The SMILES string of the molecule is COC(=O)C1CC(N=[N+]=[N-])CN1P. The molecule has 0 aromatic rings. The summed E-state index contributed by atoms with van der Waals surface area (Å²) in [4.78, 5) is 13.9. The van der Waals surface area contributed by atoms with Gasteiger partial charge in [-0.3, -0.25) is 9.46 Å². The van der Waals surface area contributed by atoms with Crippen LogP contribution >= 0.6 is 9.39 Å². The molecule has 13 heavy (non-hydrogen) atoms. The predicted octanol–water partition coefficient (Wildman–Crippen LogP) is 0.703. The van der Waals surface area contributed by atoms with Crippen molar-refractivity contribution < 1.29 is 9.53 Å². The molecule has 0 amide bonds. The summed E-state index contributed by atoms with van der Waals surface area (Å²) in [6, 6.07) is -0.433. The van der Waals surface area contributed by atoms with Crippen LogP contribution < -0.4 is 0 Å². The number of hydrogen-bond donors (Lipinski definition) is 0. The van der Waals surface area contributed by atoms with Crippen molar-refractivity contribution in [2.45, 2.75) is 18.5 Å². The van der Waals surface area contributed by atoms with Gasteiger partial charge in [-0.05, 0) is 12.0 Å². The fourth-order valence-corrected chi connectivity index (χ4v) is 1.85. The van der Waals surface area contributed by atoms with E-state index in [-0.39, 0.29) is 18.1 Å². The number of ether oxygens (including phenoxy) is 1. The van der Waals surface area contributed by atoms with Crippen LogP contribution in [0.25, 0.3) is 10.4 Å². The number of azide groups is 1. The normalized spacial score (nSPS) is 28.2. The predicted molar refractivity (Wildman–Crippen MR) is 49.8 cm³/mol. The van der Waals surface area contributed by atoms with Gasteiger partial charge in [0.2, 0.25) is 0 Å². The summed E-state index contributed by atoms with van der Waals surface area (Å²) < 4.78 is 6.36. The third kappa shape index (κ3) is 2.31. The summed E-state index contributed by atoms with van der Waals surface area (Å²) in [7, 11) is 3.78. The van der Waals surface area contributed by atoms with Gasteiger partial charge >= 0.3 is 5.97 Å². The van der Waals surface area contributed by atoms with Gasteiger partial charge in [0.1, 0.15) is 6.04 Å². The summed E-state index contributed by atoms with van der Waals surface area (Å²) in [5.41, 5.74) is 8.21. The number of carbonyl (C=O) groups excluding carboxylic acids is 1. The zero-order valence-electron chi connectivity index (χ0n) is 7.25. The second kappa shape index (κ2) is 4.42. The first kappa shape index (κ1) is 10.3. The average Bonchev–Trinajstić information content (AvgIpc) is 2.46. The maximum absolute atomic E-state index is 11.2. The Morgan fingerprint density at radius 1 is 1.85 bits per heavy atom. The molecular weight excluding hydrogens is 191 g/mol. The van der Waals surface area contributed by atoms with Crippen LogP contribution in [-0.4, -0.2) is 36.4 Å². The monoisotopic (exact) mass is 202 g/mol. The largest absolute Gasteiger partial charge is 0.468 e. The van der Waals surface area contributed by atoms with E-state index in [0.29, 0.717) is 13.0 Å². The minimum Gasteiger partial charge on any atom is -0.468 e. The lowest BCUT2D eigenvalue weighted by molar-refractivity contribution is -0.144. The molecule has 0 bridgehead atoms. The lowest BCUT2D eigenvalue weighted by atomic mass is 10.2. The zero-order valence-corrected chi connectivity index (χ0v) is 8.41. The highest BCUT2D eigenvalue weighted by atomic mass is 31.0. The second-order valence-electron chi connectivity index (χ2n) is 2.83. The number of carbonyl (C=O) groups is 1. The molecule has 0 N–H and O–H groups in total. The van der Waals surface area contributed by atoms with Crippen LogP contribution in [0, 0.1) is 0 Å². The number of hydrogen-bond acceptors (Lipinski definition) is 4. The topological polar surface area (TPSA) is 78.3 Å². The van der Waals surface area contributed by atoms with Crippen LogP contribution in [-0.2, 0) is 9.53 Å². The Balaban J connectivity index is 2.60. The van der Waals surface area contributed by atoms with Crippen molar-refractivity contribution in [3.63, 3.8) is 0 Å². The maximum atomic E-state index is 11.2. The van der Waals surface area contributed by atoms with E-state index in [1.54, 1.807) is 4.67 Å². The van der Waals surface area contributed by atoms with E-state index >= 15 is 0 Å². The van der Waals surface area contributed by atoms with Crippen molar-refractivity contribution in [2.75, 3.05) is 13.7 Å². The third-order valence-corrected chi connectivity index (χ3v) is 2.58. The van der Waals surface area contributed by atoms with Crippen molar-refractivity contribution in [3.8, 4) is 0 Å². The van der Waals surface area contributed by atoms with Gasteiger partial charge in [-0.2, -0.15) is 0 Å². The molecule has 1 fully saturated rings. The van der Waals surface area contributed by atoms with E-state index in [1.165, 1.54) is 7.11 Å². The molecule has 0 spiro atoms. The first-order chi connectivity index (χ1) is 6.19. The molecule has 1 saturated heterocycles. The number of methoxy groups -OCH3 is 1. The summed E-state index contributed by atoms with van der Waals surface area (Å²) in [5, 5.41) is 3.56. The number of rotatable bonds is 2. The van der Waals surface area contributed by atoms with E-state index in [1.807, 2.05) is 0 Å². The van der Waals surface area contributed by atoms with Gasteiger partial charge in [0.05, 0.1) is 13.2 Å². The van der Waals surface area contributed by atoms with Gasteiger partial charge in [0, 0.05) is 11.5 Å². The standard InChI is InChI=1S/C6H11N4O2P/c1-12-6(11)5-2-4(8-9-7)3-10(5)13/h4-5H,2-3,13H2,1H3. The molecular formula is C6H11N4O2P. The summed E-state index contributed by atoms with van der Waals surface area (Å²) in [5.74, 6) is -0.286. The molecule has 1 rings (SSSR count). The molecule has 6 nitrogen and oxygen atoms in total. The van der Waals surface area contributed by atoms with Gasteiger partial charge < -0.3 is 4.74 Å². The van der Waals surface area contributed by atoms with Crippen molar-refractivity contribution in [1.82, 2.24) is 4.67 Å². The van der Waals surface area contributed by atoms with Gasteiger partial charge in [0.15, 0.2) is 0 Å². The lowest BCUT2D eigenvalue weighted by Gasteiger charge is -2.15. The fourth-order valence-electron chi connectivity index (χ4n) is 1.36. The molecule has 3 unspecified atom stereocenters. The molecule has 1 aliphatic rings. The number of esters is 1. The summed E-state index contributed by atoms with van der Waals surface area (Å²) in [6.07, 6.45) is 0.528. The van der Waals surface area contributed by atoms with Crippen LogP contribution in [0.1, 0.15) is 6.42 Å². The highest BCUT2D eigenvalue weighted by Gasteiger charge is 2.34. The Morgan fingerprint density at radius 3 is 3.08 bits per heavy atom. The van der Waals surface area contributed by atoms with Gasteiger partial charge in [-0.15, -0.1) is 0 Å². The second-order valence-corrected chi connectivity index (χ2v) is 3.49. The molecule has 0 aromatic carbocycles. The lowest BCUT2D eigenvalue weighted by Crippen LogP contribution is -2.29. The molecule has 0 aromatic heterocycles. The molecule has 3 atom stereocenters. The molecule has 72 valence electrons. The van der Waals surface area contributed by atoms with Crippen molar-refractivity contribution in [2.24, 2.45) is 5.11 Å². The fraction of sp³-hybridized carbons (Fsp3) is 0.833. The average molecular weight is 202 g/mol. The Labute approximate surface area is 78.1 Å². The van der Waals surface area contributed by atoms with Crippen LogP contribution in [0.5, 0.6) is 0 Å². The van der Waals surface area contributed by atoms with Gasteiger partial charge in [-0.25, -0.2) is 0 Å². The zero-order chi connectivity index (χ0) is 9.84. The Bertz CT molecular complexity index is 253. The van der Waals surface area contributed by atoms with Crippen molar-refractivity contribution in [3.05, 3.63) is 10.4 Å². The van der Waals surface area contributed by atoms with E-state index in [9.17, 15) is 4.79 Å². The smallest absolute Gasteiger partial charge is 0.323 e. The molecule has 1 aliphatic heterocycles. The van der Waals surface area contributed by atoms with E-state index in [2.05, 4.69) is 24.2 Å². The van der Waals surface area contributed by atoms with Gasteiger partial charge in [-0.1, -0.05) is 14.5 Å². The van der Waals surface area contributed by atoms with E-state index in [0.717, 1.165) is 0 Å². The van der Waals surface area contributed by atoms with Gasteiger partial charge in [0.25, 0.3) is 0 Å².